The van der Waals surface area contributed by atoms with Crippen LogP contribution in [0.2, 0.25) is 0 Å². The first kappa shape index (κ1) is 23.8. The number of fused-ring (bicyclic) bond motifs is 1. The molecule has 3 N–H and O–H groups in total. The van der Waals surface area contributed by atoms with Crippen molar-refractivity contribution in [2.24, 2.45) is 5.73 Å². The minimum absolute atomic E-state index is 0.0487. The number of halogens is 6. The molecule has 4 rings (SSSR count). The van der Waals surface area contributed by atoms with Crippen LogP contribution in [-0.4, -0.2) is 21.4 Å². The number of rotatable bonds is 4. The monoisotopic (exact) mass is 492 g/mol. The number of anilines is 1. The van der Waals surface area contributed by atoms with E-state index in [4.69, 9.17) is 5.73 Å². The molecule has 0 aliphatic rings. The van der Waals surface area contributed by atoms with Crippen molar-refractivity contribution in [3.63, 3.8) is 0 Å². The van der Waals surface area contributed by atoms with Gasteiger partial charge in [-0.15, -0.1) is 0 Å². The maximum Gasteiger partial charge on any atom is 0.416 e. The molecule has 4 aromatic rings. The van der Waals surface area contributed by atoms with Gasteiger partial charge in [0.15, 0.2) is 0 Å². The molecule has 0 atom stereocenters. The standard InChI is InChI=1S/C23H14F6N4O2/c24-22(25,26)14-8-13(9-15(11-14)23(27,28)29)21(35)31-16-4-5-18-12(10-16)6-7-33(18)19-3-1-2-17(32-19)20(30)34/h1-11H,(H2,30,34)(H,31,35). The first-order valence-electron chi connectivity index (χ1n) is 9.82. The molecule has 2 amide bonds. The lowest BCUT2D eigenvalue weighted by molar-refractivity contribution is -0.143. The van der Waals surface area contributed by atoms with Gasteiger partial charge < -0.3 is 15.6 Å². The van der Waals surface area contributed by atoms with Crippen molar-refractivity contribution >= 4 is 28.4 Å². The lowest BCUT2D eigenvalue weighted by Gasteiger charge is -2.14. The molecular formula is C23H14F6N4O2. The first-order chi connectivity index (χ1) is 16.3. The van der Waals surface area contributed by atoms with E-state index in [0.717, 1.165) is 0 Å². The van der Waals surface area contributed by atoms with Crippen LogP contribution in [0.1, 0.15) is 32.0 Å². The second kappa shape index (κ2) is 8.46. The van der Waals surface area contributed by atoms with E-state index in [1.807, 2.05) is 0 Å². The van der Waals surface area contributed by atoms with E-state index >= 15 is 0 Å². The number of hydrogen-bond acceptors (Lipinski definition) is 3. The van der Waals surface area contributed by atoms with Gasteiger partial charge in [-0.05, 0) is 54.6 Å². The molecule has 0 saturated heterocycles. The Balaban J connectivity index is 1.65. The molecule has 6 nitrogen and oxygen atoms in total. The molecule has 0 bridgehead atoms. The third-order valence-electron chi connectivity index (χ3n) is 5.03. The van der Waals surface area contributed by atoms with Crippen LogP contribution in [0.25, 0.3) is 16.7 Å². The molecule has 0 saturated carbocycles. The van der Waals surface area contributed by atoms with E-state index in [2.05, 4.69) is 10.3 Å². The molecule has 0 unspecified atom stereocenters. The molecule has 0 spiro atoms. The minimum Gasteiger partial charge on any atom is -0.364 e. The van der Waals surface area contributed by atoms with Gasteiger partial charge in [-0.2, -0.15) is 26.3 Å². The van der Waals surface area contributed by atoms with Crippen LogP contribution in [0.5, 0.6) is 0 Å². The van der Waals surface area contributed by atoms with Crippen molar-refractivity contribution in [1.82, 2.24) is 9.55 Å². The molecule has 35 heavy (non-hydrogen) atoms. The minimum atomic E-state index is -5.07. The first-order valence-corrected chi connectivity index (χ1v) is 9.82. The summed E-state index contributed by atoms with van der Waals surface area (Å²) in [6, 6.07) is 11.5. The lowest BCUT2D eigenvalue weighted by Crippen LogP contribution is -2.17. The number of primary amides is 1. The number of carbonyl (C=O) groups is 2. The Kier molecular flexibility index (Phi) is 5.75. The van der Waals surface area contributed by atoms with Crippen molar-refractivity contribution in [1.29, 1.82) is 0 Å². The number of amides is 2. The van der Waals surface area contributed by atoms with Gasteiger partial charge in [0.1, 0.15) is 11.5 Å². The molecule has 0 aliphatic heterocycles. The highest BCUT2D eigenvalue weighted by atomic mass is 19.4. The molecule has 2 heterocycles. The van der Waals surface area contributed by atoms with E-state index in [0.29, 0.717) is 28.9 Å². The van der Waals surface area contributed by atoms with Gasteiger partial charge in [0, 0.05) is 22.8 Å². The number of alkyl halides is 6. The van der Waals surface area contributed by atoms with Crippen molar-refractivity contribution in [2.45, 2.75) is 12.4 Å². The Hall–Kier alpha value is -4.35. The summed E-state index contributed by atoms with van der Waals surface area (Å²) in [5.74, 6) is -1.47. The number of hydrogen-bond donors (Lipinski definition) is 2. The zero-order valence-corrected chi connectivity index (χ0v) is 17.4. The Morgan fingerprint density at radius 1 is 0.857 bits per heavy atom. The second-order valence-electron chi connectivity index (χ2n) is 7.45. The van der Waals surface area contributed by atoms with Gasteiger partial charge in [-0.1, -0.05) is 6.07 Å². The molecule has 180 valence electrons. The average Bonchev–Trinajstić information content (AvgIpc) is 3.21. The summed E-state index contributed by atoms with van der Waals surface area (Å²) in [6.45, 7) is 0. The third-order valence-corrected chi connectivity index (χ3v) is 5.03. The van der Waals surface area contributed by atoms with E-state index in [1.54, 1.807) is 35.0 Å². The molecule has 0 radical (unpaired) electrons. The summed E-state index contributed by atoms with van der Waals surface area (Å²) in [4.78, 5) is 28.1. The average molecular weight is 492 g/mol. The van der Waals surface area contributed by atoms with Gasteiger partial charge >= 0.3 is 12.4 Å². The van der Waals surface area contributed by atoms with Crippen molar-refractivity contribution < 1.29 is 35.9 Å². The van der Waals surface area contributed by atoms with Crippen LogP contribution >= 0.6 is 0 Å². The molecule has 12 heteroatoms. The Morgan fingerprint density at radius 2 is 1.51 bits per heavy atom. The van der Waals surface area contributed by atoms with Crippen LogP contribution in [0.3, 0.4) is 0 Å². The quantitative estimate of drug-likeness (QED) is 0.373. The van der Waals surface area contributed by atoms with Crippen LogP contribution in [-0.2, 0) is 12.4 Å². The normalized spacial score (nSPS) is 12.1. The zero-order valence-electron chi connectivity index (χ0n) is 17.4. The van der Waals surface area contributed by atoms with Crippen LogP contribution < -0.4 is 11.1 Å². The van der Waals surface area contributed by atoms with Gasteiger partial charge in [0.05, 0.1) is 16.6 Å². The number of nitrogens with one attached hydrogen (secondary N) is 1. The Labute approximate surface area is 193 Å². The fraction of sp³-hybridized carbons (Fsp3) is 0.0870. The summed E-state index contributed by atoms with van der Waals surface area (Å²) in [5.41, 5.74) is 2.08. The highest BCUT2D eigenvalue weighted by molar-refractivity contribution is 6.05. The van der Waals surface area contributed by atoms with Crippen LogP contribution in [0.15, 0.2) is 66.9 Å². The summed E-state index contributed by atoms with van der Waals surface area (Å²) < 4.78 is 80.1. The van der Waals surface area contributed by atoms with Crippen LogP contribution in [0.4, 0.5) is 32.0 Å². The Morgan fingerprint density at radius 3 is 2.11 bits per heavy atom. The highest BCUT2D eigenvalue weighted by Crippen LogP contribution is 2.36. The summed E-state index contributed by atoms with van der Waals surface area (Å²) >= 11 is 0. The molecule has 2 aromatic carbocycles. The number of carbonyl (C=O) groups excluding carboxylic acids is 2. The number of aromatic nitrogens is 2. The van der Waals surface area contributed by atoms with E-state index < -0.39 is 40.9 Å². The largest absolute Gasteiger partial charge is 0.416 e. The molecule has 0 aliphatic carbocycles. The molecule has 2 aromatic heterocycles. The number of nitrogens with zero attached hydrogens (tertiary/aromatic N) is 2. The fourth-order valence-corrected chi connectivity index (χ4v) is 3.40. The van der Waals surface area contributed by atoms with E-state index in [-0.39, 0.29) is 17.4 Å². The summed E-state index contributed by atoms with van der Waals surface area (Å²) in [5, 5.41) is 2.90. The van der Waals surface area contributed by atoms with Gasteiger partial charge in [-0.25, -0.2) is 4.98 Å². The van der Waals surface area contributed by atoms with Crippen molar-refractivity contribution in [3.05, 3.63) is 89.2 Å². The maximum atomic E-state index is 13.1. The lowest BCUT2D eigenvalue weighted by atomic mass is 10.0. The van der Waals surface area contributed by atoms with Gasteiger partial charge in [0.25, 0.3) is 11.8 Å². The maximum absolute atomic E-state index is 13.1. The van der Waals surface area contributed by atoms with Crippen molar-refractivity contribution in [3.8, 4) is 5.82 Å². The predicted molar refractivity (Wildman–Crippen MR) is 114 cm³/mol. The van der Waals surface area contributed by atoms with Gasteiger partial charge in [0.2, 0.25) is 0 Å². The topological polar surface area (TPSA) is 90.0 Å². The summed E-state index contributed by atoms with van der Waals surface area (Å²) in [6.07, 6.45) is -8.51. The Bertz CT molecular complexity index is 1420. The SMILES string of the molecule is NC(=O)c1cccc(-n2ccc3cc(NC(=O)c4cc(C(F)(F)F)cc(C(F)(F)F)c4)ccc32)n1. The fourth-order valence-electron chi connectivity index (χ4n) is 3.40. The van der Waals surface area contributed by atoms with E-state index in [9.17, 15) is 35.9 Å². The molecular weight excluding hydrogens is 478 g/mol. The number of benzene rings is 2. The second-order valence-corrected chi connectivity index (χ2v) is 7.45. The van der Waals surface area contributed by atoms with Gasteiger partial charge in [-0.3, -0.25) is 9.59 Å². The summed E-state index contributed by atoms with van der Waals surface area (Å²) in [7, 11) is 0. The van der Waals surface area contributed by atoms with Crippen molar-refractivity contribution in [2.75, 3.05) is 5.32 Å². The van der Waals surface area contributed by atoms with Crippen LogP contribution in [0, 0.1) is 0 Å². The van der Waals surface area contributed by atoms with E-state index in [1.165, 1.54) is 18.2 Å². The zero-order chi connectivity index (χ0) is 25.5. The smallest absolute Gasteiger partial charge is 0.364 e. The highest BCUT2D eigenvalue weighted by Gasteiger charge is 2.37. The number of pyridine rings is 1. The predicted octanol–water partition coefficient (Wildman–Crippen LogP) is 5.41. The number of nitrogens with two attached hydrogens (primary N) is 1. The third kappa shape index (κ3) is 4.95. The molecule has 0 fully saturated rings.